The van der Waals surface area contributed by atoms with Gasteiger partial charge >= 0.3 is 24.0 Å². The van der Waals surface area contributed by atoms with Crippen LogP contribution in [0.15, 0.2) is 94.0 Å². The molecule has 4 amide bonds. The van der Waals surface area contributed by atoms with Crippen LogP contribution in [0.3, 0.4) is 0 Å². The topological polar surface area (TPSA) is 246 Å². The zero-order valence-electron chi connectivity index (χ0n) is 34.4. The van der Waals surface area contributed by atoms with Crippen LogP contribution < -0.4 is 24.4 Å². The van der Waals surface area contributed by atoms with Crippen molar-refractivity contribution in [2.24, 2.45) is 0 Å². The maximum Gasteiger partial charge on any atom is 0.349 e. The fraction of sp³-hybridized carbons (Fsp3) is 0.214. The number of aryl methyl sites for hydroxylation is 1. The first kappa shape index (κ1) is 49.6. The van der Waals surface area contributed by atoms with Crippen LogP contribution in [-0.2, 0) is 33.9 Å². The molecule has 2 aliphatic rings. The second-order valence-corrected chi connectivity index (χ2v) is 16.6. The first-order valence-corrected chi connectivity index (χ1v) is 22.1. The molecule has 340 valence electrons. The van der Waals surface area contributed by atoms with Crippen LogP contribution in [0.5, 0.6) is 11.8 Å². The van der Waals surface area contributed by atoms with Crippen molar-refractivity contribution in [1.29, 1.82) is 0 Å². The largest absolute Gasteiger partial charge is 0.480 e. The SMILES string of the molecule is CCOC(=O)/C(Cl)=C/c1cc(N2C(=O)C3=C(CCCC3)C2=O)ccc1Cl.COc1nc(C)nc(NC(=O)NS(=O)(=O)c2ccccc2Cl)n1.O=C(O)COc1ccc(Cl)c2cccnc12. The number of pyridine rings is 1. The molecule has 7 rings (SSSR count). The molecule has 0 spiro atoms. The van der Waals surface area contributed by atoms with E-state index in [1.807, 2.05) is 4.72 Å². The molecule has 0 radical (unpaired) electrons. The summed E-state index contributed by atoms with van der Waals surface area (Å²) in [6.45, 7) is 3.04. The normalized spacial score (nSPS) is 13.5. The van der Waals surface area contributed by atoms with E-state index in [1.165, 1.54) is 36.3 Å². The molecule has 0 fully saturated rings. The van der Waals surface area contributed by atoms with Gasteiger partial charge in [-0.05, 0) is 106 Å². The zero-order valence-corrected chi connectivity index (χ0v) is 38.3. The first-order chi connectivity index (χ1) is 30.9. The number of fused-ring (bicyclic) bond motifs is 1. The number of benzene rings is 3. The lowest BCUT2D eigenvalue weighted by Gasteiger charge is -2.16. The van der Waals surface area contributed by atoms with Gasteiger partial charge in [-0.1, -0.05) is 58.5 Å². The molecule has 0 saturated heterocycles. The monoisotopic (exact) mass is 987 g/mol. The number of imide groups is 1. The smallest absolute Gasteiger partial charge is 0.349 e. The summed E-state index contributed by atoms with van der Waals surface area (Å²) in [5.41, 5.74) is 2.61. The van der Waals surface area contributed by atoms with E-state index in [1.54, 1.807) is 68.6 Å². The number of nitrogens with one attached hydrogen (secondary N) is 2. The predicted molar refractivity (Wildman–Crippen MR) is 242 cm³/mol. The molecule has 0 bridgehead atoms. The van der Waals surface area contributed by atoms with Gasteiger partial charge in [-0.15, -0.1) is 0 Å². The van der Waals surface area contributed by atoms with Gasteiger partial charge in [0.15, 0.2) is 6.61 Å². The highest BCUT2D eigenvalue weighted by molar-refractivity contribution is 7.90. The highest BCUT2D eigenvalue weighted by Crippen LogP contribution is 2.37. The van der Waals surface area contributed by atoms with Gasteiger partial charge in [0.05, 0.1) is 29.4 Å². The summed E-state index contributed by atoms with van der Waals surface area (Å²) in [7, 11) is -2.78. The number of aromatic nitrogens is 4. The fourth-order valence-electron chi connectivity index (χ4n) is 6.09. The summed E-state index contributed by atoms with van der Waals surface area (Å²) in [5.74, 6) is -1.69. The minimum Gasteiger partial charge on any atom is -0.480 e. The average molecular weight is 990 g/mol. The van der Waals surface area contributed by atoms with Gasteiger partial charge in [-0.25, -0.2) is 32.4 Å². The van der Waals surface area contributed by atoms with Crippen LogP contribution in [0.25, 0.3) is 17.0 Å². The number of halogens is 4. The number of carbonyl (C=O) groups is 5. The van der Waals surface area contributed by atoms with E-state index in [-0.39, 0.29) is 45.3 Å². The zero-order chi connectivity index (χ0) is 47.4. The number of sulfonamides is 1. The number of methoxy groups -OCH3 is 1. The molecular formula is C42H37Cl4N7O11S. The minimum atomic E-state index is -4.13. The van der Waals surface area contributed by atoms with Crippen LogP contribution in [0.2, 0.25) is 15.1 Å². The third-order valence-electron chi connectivity index (χ3n) is 8.90. The van der Waals surface area contributed by atoms with Crippen molar-refractivity contribution in [2.45, 2.75) is 44.4 Å². The molecular weight excluding hydrogens is 952 g/mol. The van der Waals surface area contributed by atoms with Crippen LogP contribution in [0, 0.1) is 6.92 Å². The number of esters is 1. The van der Waals surface area contributed by atoms with Crippen LogP contribution in [-0.4, -0.2) is 83.6 Å². The molecule has 0 saturated carbocycles. The average Bonchev–Trinajstić information content (AvgIpc) is 3.52. The van der Waals surface area contributed by atoms with Gasteiger partial charge in [0.2, 0.25) is 5.95 Å². The molecule has 0 unspecified atom stereocenters. The lowest BCUT2D eigenvalue weighted by molar-refractivity contribution is -0.139. The van der Waals surface area contributed by atoms with Gasteiger partial charge in [-0.3, -0.25) is 19.9 Å². The molecule has 0 atom stereocenters. The Hall–Kier alpha value is -6.38. The number of carboxylic acid groups (broad SMARTS) is 1. The van der Waals surface area contributed by atoms with E-state index in [0.29, 0.717) is 62.4 Å². The van der Waals surface area contributed by atoms with Crippen molar-refractivity contribution in [2.75, 3.05) is 30.5 Å². The second-order valence-electron chi connectivity index (χ2n) is 13.3. The summed E-state index contributed by atoms with van der Waals surface area (Å²) in [6.07, 6.45) is 6.05. The molecule has 3 N–H and O–H groups in total. The van der Waals surface area contributed by atoms with E-state index >= 15 is 0 Å². The number of carbonyl (C=O) groups excluding carboxylic acids is 4. The highest BCUT2D eigenvalue weighted by Gasteiger charge is 2.39. The molecule has 3 aromatic carbocycles. The number of rotatable bonds is 11. The standard InChI is InChI=1S/C19H17Cl2NO4.C12H12ClN5O4S.C11H8ClNO3/c1-2-26-19(25)16(21)10-11-9-12(7-8-15(11)20)22-17(23)13-5-3-4-6-14(13)18(22)24;1-7-14-10(17-12(15-7)22-2)16-11(19)18-23(20,21)9-6-4-3-5-8(9)13;12-8-3-4-9(16-6-10(14)15)11-7(8)2-1-5-13-11/h7-10H,2-6H2,1H3;3-6H,1-2H3,(H2,14,15,16,17,18,19);1-5H,6H2,(H,14,15)/b16-10-;;. The minimum absolute atomic E-state index is 0.00882. The molecule has 3 heterocycles. The van der Waals surface area contributed by atoms with E-state index in [0.717, 1.165) is 18.2 Å². The van der Waals surface area contributed by atoms with Crippen molar-refractivity contribution in [1.82, 2.24) is 24.7 Å². The number of ether oxygens (including phenoxy) is 3. The number of amides is 4. The maximum atomic E-state index is 12.7. The summed E-state index contributed by atoms with van der Waals surface area (Å²) >= 11 is 23.9. The Morgan fingerprint density at radius 1 is 0.892 bits per heavy atom. The maximum absolute atomic E-state index is 12.7. The van der Waals surface area contributed by atoms with Crippen molar-refractivity contribution in [3.8, 4) is 11.8 Å². The van der Waals surface area contributed by atoms with Crippen molar-refractivity contribution in [3.63, 3.8) is 0 Å². The predicted octanol–water partition coefficient (Wildman–Crippen LogP) is 7.93. The second kappa shape index (κ2) is 22.5. The summed E-state index contributed by atoms with van der Waals surface area (Å²) < 4.78 is 40.8. The Morgan fingerprint density at radius 3 is 2.22 bits per heavy atom. The van der Waals surface area contributed by atoms with Crippen LogP contribution in [0.1, 0.15) is 44.0 Å². The molecule has 5 aromatic rings. The highest BCUT2D eigenvalue weighted by atomic mass is 35.5. The number of anilines is 2. The number of urea groups is 1. The number of carboxylic acids is 1. The van der Waals surface area contributed by atoms with Gasteiger partial charge in [0.1, 0.15) is 27.0 Å². The summed E-state index contributed by atoms with van der Waals surface area (Å²) in [5, 5.41) is 12.2. The lowest BCUT2D eigenvalue weighted by Crippen LogP contribution is -2.35. The van der Waals surface area contributed by atoms with E-state index in [2.05, 4.69) is 25.3 Å². The molecule has 23 heteroatoms. The summed E-state index contributed by atoms with van der Waals surface area (Å²) in [6, 6.07) is 16.2. The Labute approximate surface area is 391 Å². The third-order valence-corrected chi connectivity index (χ3v) is 11.7. The van der Waals surface area contributed by atoms with Crippen LogP contribution >= 0.6 is 46.4 Å². The Balaban J connectivity index is 0.000000188. The molecule has 1 aliphatic heterocycles. The summed E-state index contributed by atoms with van der Waals surface area (Å²) in [4.78, 5) is 75.8. The third kappa shape index (κ3) is 12.9. The number of hydrogen-bond acceptors (Lipinski definition) is 14. The van der Waals surface area contributed by atoms with Gasteiger partial charge in [-0.2, -0.15) is 15.0 Å². The molecule has 65 heavy (non-hydrogen) atoms. The first-order valence-electron chi connectivity index (χ1n) is 19.1. The van der Waals surface area contributed by atoms with Gasteiger partial charge in [0.25, 0.3) is 21.8 Å². The van der Waals surface area contributed by atoms with E-state index < -0.39 is 34.6 Å². The van der Waals surface area contributed by atoms with E-state index in [4.69, 9.17) is 65.7 Å². The number of nitrogens with zero attached hydrogens (tertiary/aromatic N) is 5. The van der Waals surface area contributed by atoms with Crippen molar-refractivity contribution < 1.29 is 51.7 Å². The molecule has 18 nitrogen and oxygen atoms in total. The van der Waals surface area contributed by atoms with Gasteiger partial charge in [0, 0.05) is 27.8 Å². The number of hydrogen-bond donors (Lipinski definition) is 3. The number of aliphatic carboxylic acids is 1. The van der Waals surface area contributed by atoms with Crippen molar-refractivity contribution >= 4 is 115 Å². The van der Waals surface area contributed by atoms with Crippen molar-refractivity contribution in [3.05, 3.63) is 116 Å². The Kier molecular flexibility index (Phi) is 17.2. The Bertz CT molecular complexity index is 2820. The lowest BCUT2D eigenvalue weighted by atomic mass is 9.93. The van der Waals surface area contributed by atoms with E-state index in [9.17, 15) is 32.4 Å². The quantitative estimate of drug-likeness (QED) is 0.0646. The molecule has 1 aliphatic carbocycles. The van der Waals surface area contributed by atoms with Crippen LogP contribution in [0.4, 0.5) is 16.4 Å². The molecule has 2 aromatic heterocycles. The Morgan fingerprint density at radius 2 is 1.57 bits per heavy atom. The fourth-order valence-corrected chi connectivity index (χ4v) is 8.08. The van der Waals surface area contributed by atoms with Gasteiger partial charge < -0.3 is 19.3 Å².